The number of aliphatic hydroxyl groups excluding tert-OH is 3. The number of rotatable bonds is 8. The lowest BCUT2D eigenvalue weighted by atomic mass is 10.4. The number of nitrogens with zero attached hydrogens (tertiary/aromatic N) is 1. The van der Waals surface area contributed by atoms with E-state index in [1.807, 2.05) is 0 Å². The van der Waals surface area contributed by atoms with Crippen LogP contribution in [0.5, 0.6) is 0 Å². The van der Waals surface area contributed by atoms with Gasteiger partial charge < -0.3 is 20.1 Å². The Bertz CT molecular complexity index is 147. The van der Waals surface area contributed by atoms with Crippen molar-refractivity contribution in [2.24, 2.45) is 0 Å². The summed E-state index contributed by atoms with van der Waals surface area (Å²) in [5, 5.41) is 25.6. The van der Waals surface area contributed by atoms with E-state index in [2.05, 4.69) is 4.74 Å². The first kappa shape index (κ1) is 13.3. The molecule has 6 heteroatoms. The van der Waals surface area contributed by atoms with Gasteiger partial charge in [0.15, 0.2) is 0 Å². The first-order chi connectivity index (χ1) is 6.74. The zero-order valence-corrected chi connectivity index (χ0v) is 8.06. The monoisotopic (exact) mass is 207 g/mol. The molecule has 0 radical (unpaired) electrons. The summed E-state index contributed by atoms with van der Waals surface area (Å²) >= 11 is 0. The van der Waals surface area contributed by atoms with E-state index in [1.165, 1.54) is 0 Å². The molecule has 0 aliphatic carbocycles. The fourth-order valence-corrected chi connectivity index (χ4v) is 0.952. The van der Waals surface area contributed by atoms with Crippen LogP contribution in [0.25, 0.3) is 0 Å². The van der Waals surface area contributed by atoms with Crippen LogP contribution in [0.4, 0.5) is 0 Å². The lowest BCUT2D eigenvalue weighted by Crippen LogP contribution is -2.33. The van der Waals surface area contributed by atoms with Crippen LogP contribution in [0.1, 0.15) is 0 Å². The second kappa shape index (κ2) is 8.89. The molecule has 84 valence electrons. The molecular formula is C8H17NO5. The van der Waals surface area contributed by atoms with E-state index in [9.17, 15) is 4.79 Å². The molecule has 0 aliphatic rings. The zero-order chi connectivity index (χ0) is 10.8. The zero-order valence-electron chi connectivity index (χ0n) is 8.06. The molecule has 0 saturated heterocycles. The number of ether oxygens (including phenoxy) is 1. The molecule has 0 aromatic heterocycles. The van der Waals surface area contributed by atoms with E-state index in [-0.39, 0.29) is 19.8 Å². The molecule has 0 unspecified atom stereocenters. The van der Waals surface area contributed by atoms with Gasteiger partial charge in [0.05, 0.1) is 13.2 Å². The van der Waals surface area contributed by atoms with Crippen LogP contribution in [0.2, 0.25) is 0 Å². The molecule has 0 rings (SSSR count). The molecule has 14 heavy (non-hydrogen) atoms. The van der Waals surface area contributed by atoms with Crippen LogP contribution in [-0.4, -0.2) is 72.3 Å². The van der Waals surface area contributed by atoms with Gasteiger partial charge in [0.25, 0.3) is 0 Å². The Morgan fingerprint density at radius 2 is 1.64 bits per heavy atom. The molecule has 0 aromatic rings. The number of aliphatic hydroxyl groups is 3. The Morgan fingerprint density at radius 1 is 1.07 bits per heavy atom. The Morgan fingerprint density at radius 3 is 2.07 bits per heavy atom. The van der Waals surface area contributed by atoms with Gasteiger partial charge in [0.2, 0.25) is 0 Å². The summed E-state index contributed by atoms with van der Waals surface area (Å²) in [4.78, 5) is 12.3. The van der Waals surface area contributed by atoms with Gasteiger partial charge in [-0.3, -0.25) is 4.90 Å². The maximum absolute atomic E-state index is 10.5. The van der Waals surface area contributed by atoms with Crippen molar-refractivity contribution in [1.82, 2.24) is 4.90 Å². The van der Waals surface area contributed by atoms with Crippen LogP contribution in [0, 0.1) is 0 Å². The summed E-state index contributed by atoms with van der Waals surface area (Å²) in [5.74, 6) is -0.669. The van der Waals surface area contributed by atoms with Crippen LogP contribution in [0.15, 0.2) is 0 Å². The van der Waals surface area contributed by atoms with Gasteiger partial charge in [-0.05, 0) is 0 Å². The van der Waals surface area contributed by atoms with Crippen molar-refractivity contribution < 1.29 is 24.9 Å². The van der Waals surface area contributed by atoms with Crippen LogP contribution < -0.4 is 0 Å². The summed E-state index contributed by atoms with van der Waals surface area (Å²) in [7, 11) is 0. The lowest BCUT2D eigenvalue weighted by Gasteiger charge is -2.19. The first-order valence-electron chi connectivity index (χ1n) is 4.45. The van der Waals surface area contributed by atoms with Crippen molar-refractivity contribution in [2.75, 3.05) is 46.1 Å². The van der Waals surface area contributed by atoms with E-state index in [1.54, 1.807) is 4.90 Å². The molecule has 0 saturated carbocycles. The number of hydrogen-bond donors (Lipinski definition) is 3. The van der Waals surface area contributed by atoms with E-state index in [4.69, 9.17) is 15.3 Å². The highest BCUT2D eigenvalue weighted by molar-refractivity contribution is 5.70. The van der Waals surface area contributed by atoms with Crippen molar-refractivity contribution >= 4 is 5.97 Å². The highest BCUT2D eigenvalue weighted by Gasteiger charge is 2.05. The minimum absolute atomic E-state index is 0.00601. The van der Waals surface area contributed by atoms with E-state index >= 15 is 0 Å². The molecule has 0 bridgehead atoms. The Labute approximate surface area is 82.7 Å². The van der Waals surface area contributed by atoms with Gasteiger partial charge in [-0.2, -0.15) is 0 Å². The molecule has 0 amide bonds. The first-order valence-corrected chi connectivity index (χ1v) is 4.45. The van der Waals surface area contributed by atoms with Crippen molar-refractivity contribution in [3.63, 3.8) is 0 Å². The molecule has 0 fully saturated rings. The lowest BCUT2D eigenvalue weighted by molar-refractivity contribution is -0.147. The summed E-state index contributed by atoms with van der Waals surface area (Å²) in [6.07, 6.45) is 0. The predicted molar refractivity (Wildman–Crippen MR) is 48.7 cm³/mol. The highest BCUT2D eigenvalue weighted by atomic mass is 16.5. The quantitative estimate of drug-likeness (QED) is 0.392. The number of hydrogen-bond acceptors (Lipinski definition) is 6. The normalized spacial score (nSPS) is 10.6. The highest BCUT2D eigenvalue weighted by Crippen LogP contribution is 1.88. The van der Waals surface area contributed by atoms with Gasteiger partial charge in [0.1, 0.15) is 13.2 Å². The third-order valence-corrected chi connectivity index (χ3v) is 1.63. The molecule has 0 aliphatic heterocycles. The topological polar surface area (TPSA) is 90.2 Å². The van der Waals surface area contributed by atoms with Gasteiger partial charge >= 0.3 is 5.97 Å². The van der Waals surface area contributed by atoms with Crippen LogP contribution in [0.3, 0.4) is 0 Å². The Kier molecular flexibility index (Phi) is 8.45. The average molecular weight is 207 g/mol. The van der Waals surface area contributed by atoms with E-state index in [0.717, 1.165) is 0 Å². The minimum Gasteiger partial charge on any atom is -0.463 e. The maximum atomic E-state index is 10.5. The number of carbonyl (C=O) groups excluding carboxylic acids is 1. The summed E-state index contributed by atoms with van der Waals surface area (Å²) in [6, 6.07) is 0. The van der Waals surface area contributed by atoms with Gasteiger partial charge in [-0.15, -0.1) is 0 Å². The van der Waals surface area contributed by atoms with Gasteiger partial charge in [-0.25, -0.2) is 4.79 Å². The number of carbonyl (C=O) groups is 1. The average Bonchev–Trinajstić information content (AvgIpc) is 2.18. The maximum Gasteiger partial charge on any atom is 0.331 e. The SMILES string of the molecule is O=C(CO)OCCN(CCO)CCO. The summed E-state index contributed by atoms with van der Waals surface area (Å²) in [6.45, 7) is 0.808. The fourth-order valence-electron chi connectivity index (χ4n) is 0.952. The Balaban J connectivity index is 3.54. The van der Waals surface area contributed by atoms with Crippen molar-refractivity contribution in [3.8, 4) is 0 Å². The number of esters is 1. The second-order valence-electron chi connectivity index (χ2n) is 2.67. The molecule has 0 aromatic carbocycles. The van der Waals surface area contributed by atoms with Crippen molar-refractivity contribution in [3.05, 3.63) is 0 Å². The Hall–Kier alpha value is -0.690. The molecule has 6 nitrogen and oxygen atoms in total. The van der Waals surface area contributed by atoms with Gasteiger partial charge in [-0.1, -0.05) is 0 Å². The molecule has 3 N–H and O–H groups in total. The summed E-state index contributed by atoms with van der Waals surface area (Å²) in [5.41, 5.74) is 0. The second-order valence-corrected chi connectivity index (χ2v) is 2.67. The predicted octanol–water partition coefficient (Wildman–Crippen LogP) is -2.19. The third-order valence-electron chi connectivity index (χ3n) is 1.63. The summed E-state index contributed by atoms with van der Waals surface area (Å²) < 4.78 is 4.62. The fraction of sp³-hybridized carbons (Fsp3) is 0.875. The molecule has 0 spiro atoms. The smallest absolute Gasteiger partial charge is 0.331 e. The molecule has 0 heterocycles. The van der Waals surface area contributed by atoms with Crippen LogP contribution >= 0.6 is 0 Å². The molecule has 0 atom stereocenters. The third kappa shape index (κ3) is 6.79. The van der Waals surface area contributed by atoms with E-state index < -0.39 is 12.6 Å². The van der Waals surface area contributed by atoms with Crippen LogP contribution in [-0.2, 0) is 9.53 Å². The van der Waals surface area contributed by atoms with Crippen molar-refractivity contribution in [2.45, 2.75) is 0 Å². The standard InChI is InChI=1S/C8H17NO5/c10-4-1-9(2-5-11)3-6-14-8(13)7-12/h10-12H,1-7H2. The van der Waals surface area contributed by atoms with E-state index in [0.29, 0.717) is 19.6 Å². The minimum atomic E-state index is -0.669. The van der Waals surface area contributed by atoms with Crippen molar-refractivity contribution in [1.29, 1.82) is 0 Å². The van der Waals surface area contributed by atoms with Gasteiger partial charge in [0, 0.05) is 19.6 Å². The largest absolute Gasteiger partial charge is 0.463 e. The molecular weight excluding hydrogens is 190 g/mol.